The van der Waals surface area contributed by atoms with Gasteiger partial charge in [0.1, 0.15) is 0 Å². The Kier molecular flexibility index (Phi) is 3.93. The maximum absolute atomic E-state index is 10.2. The van der Waals surface area contributed by atoms with Gasteiger partial charge >= 0.3 is 79.0 Å². The van der Waals surface area contributed by atoms with Crippen molar-refractivity contribution in [2.24, 2.45) is 0 Å². The first kappa shape index (κ1) is 9.38. The summed E-state index contributed by atoms with van der Waals surface area (Å²) in [6, 6.07) is 0. The number of hydrogen-bond acceptors (Lipinski definition) is 2. The van der Waals surface area contributed by atoms with Crippen molar-refractivity contribution in [3.8, 4) is 0 Å². The van der Waals surface area contributed by atoms with Crippen LogP contribution in [0.2, 0.25) is 0 Å². The molecule has 63 valence electrons. The quantitative estimate of drug-likeness (QED) is 0.540. The fraction of sp³-hybridized carbons (Fsp3) is 0.143. The molecule has 12 heavy (non-hydrogen) atoms. The summed E-state index contributed by atoms with van der Waals surface area (Å²) < 4.78 is 6.61. The minimum absolute atomic E-state index is 0.664. The van der Waals surface area contributed by atoms with Crippen LogP contribution in [0.4, 0.5) is 0 Å². The summed E-state index contributed by atoms with van der Waals surface area (Å²) in [5.41, 5.74) is 0. The Balaban J connectivity index is 2.52. The minimum atomic E-state index is -2.45. The predicted molar refractivity (Wildman–Crippen MR) is 40.2 cm³/mol. The summed E-state index contributed by atoms with van der Waals surface area (Å²) >= 11 is -2.45. The first-order valence-corrected chi connectivity index (χ1v) is 8.90. The van der Waals surface area contributed by atoms with Gasteiger partial charge in [-0.2, -0.15) is 0 Å². The fourth-order valence-corrected chi connectivity index (χ4v) is 5.56. The van der Waals surface area contributed by atoms with Crippen LogP contribution < -0.4 is 6.61 Å². The Morgan fingerprint density at radius 2 is 2.00 bits per heavy atom. The van der Waals surface area contributed by atoms with Gasteiger partial charge in [-0.3, -0.25) is 0 Å². The van der Waals surface area contributed by atoms with Crippen molar-refractivity contribution in [3.63, 3.8) is 0 Å². The molecule has 0 fully saturated rings. The van der Waals surface area contributed by atoms with Crippen molar-refractivity contribution in [1.82, 2.24) is 6.61 Å². The number of amides is 2. The van der Waals surface area contributed by atoms with E-state index in [0.717, 1.165) is 6.42 Å². The van der Waals surface area contributed by atoms with Crippen molar-refractivity contribution < 1.29 is 31.6 Å². The Bertz CT molecular complexity index is 228. The zero-order valence-corrected chi connectivity index (χ0v) is 10.0. The normalized spacial score (nSPS) is 13.5. The Hall–Kier alpha value is -0.710. The number of carbonyl (C=O) groups excluding carboxylic acids is 2. The molecule has 0 spiro atoms. The van der Waals surface area contributed by atoms with Crippen LogP contribution in [0.3, 0.4) is 0 Å². The van der Waals surface area contributed by atoms with Crippen molar-refractivity contribution >= 4 is 12.8 Å². The van der Waals surface area contributed by atoms with Crippen LogP contribution in [0.15, 0.2) is 21.6 Å². The third kappa shape index (κ3) is 2.41. The van der Waals surface area contributed by atoms with Gasteiger partial charge in [-0.25, -0.2) is 0 Å². The van der Waals surface area contributed by atoms with Gasteiger partial charge in [-0.1, -0.05) is 0 Å². The van der Waals surface area contributed by atoms with E-state index in [0.29, 0.717) is 12.8 Å². The summed E-state index contributed by atoms with van der Waals surface area (Å²) in [7, 11) is 0. The van der Waals surface area contributed by atoms with Crippen LogP contribution in [0.1, 0.15) is 6.42 Å². The molecule has 0 saturated carbocycles. The Morgan fingerprint density at radius 3 is 2.42 bits per heavy atom. The number of rotatable bonds is 5. The average Bonchev–Trinajstić information content (AvgIpc) is 2.56. The summed E-state index contributed by atoms with van der Waals surface area (Å²) in [5.74, 6) is 0. The predicted octanol–water partition coefficient (Wildman–Crippen LogP) is -0.230. The van der Waals surface area contributed by atoms with Crippen LogP contribution in [0.5, 0.6) is 0 Å². The SMILES string of the molecule is O=C[NH][Hf]([NH]C=O)[C]1=CC=CC1. The Labute approximate surface area is 79.0 Å². The first-order valence-electron chi connectivity index (χ1n) is 3.52. The van der Waals surface area contributed by atoms with Gasteiger partial charge in [0.15, 0.2) is 0 Å². The van der Waals surface area contributed by atoms with Crippen LogP contribution in [-0.4, -0.2) is 12.8 Å². The zero-order valence-electron chi connectivity index (χ0n) is 6.41. The van der Waals surface area contributed by atoms with Gasteiger partial charge in [-0.05, 0) is 0 Å². The molecule has 1 rings (SSSR count). The first-order chi connectivity index (χ1) is 5.88. The fourth-order valence-electron chi connectivity index (χ4n) is 0.978. The second kappa shape index (κ2) is 5.03. The molecule has 1 aliphatic rings. The molecule has 5 heteroatoms. The van der Waals surface area contributed by atoms with E-state index in [4.69, 9.17) is 0 Å². The molecule has 1 aliphatic carbocycles. The number of hydrogen-bond donors (Lipinski definition) is 2. The maximum atomic E-state index is 10.2. The molecule has 0 heterocycles. The molecule has 0 unspecified atom stereocenters. The molecule has 0 aromatic rings. The van der Waals surface area contributed by atoms with Crippen molar-refractivity contribution in [2.45, 2.75) is 6.42 Å². The van der Waals surface area contributed by atoms with Gasteiger partial charge in [0.05, 0.1) is 0 Å². The molecule has 0 aromatic carbocycles. The summed E-state index contributed by atoms with van der Waals surface area (Å²) in [5, 5.41) is 0. The van der Waals surface area contributed by atoms with E-state index < -0.39 is 22.0 Å². The second-order valence-corrected chi connectivity index (χ2v) is 9.30. The standard InChI is InChI=1S/C5H5.2CH3NO.Hf/c1-2-4-5-3-1;2*2-1-3;/h1-3H,4H2;2*1H,(H2,2,3);/q;;;+2/p-2. The van der Waals surface area contributed by atoms with Gasteiger partial charge in [-0.15, -0.1) is 0 Å². The third-order valence-corrected chi connectivity index (χ3v) is 8.06. The van der Waals surface area contributed by atoms with Crippen molar-refractivity contribution in [3.05, 3.63) is 21.6 Å². The number of carbonyl (C=O) groups is 2. The van der Waals surface area contributed by atoms with E-state index in [9.17, 15) is 9.59 Å². The summed E-state index contributed by atoms with van der Waals surface area (Å²) in [6.45, 7) is 0. The summed E-state index contributed by atoms with van der Waals surface area (Å²) in [4.78, 5) is 20.4. The van der Waals surface area contributed by atoms with Gasteiger partial charge in [0.25, 0.3) is 0 Å². The molecule has 0 atom stereocenters. The van der Waals surface area contributed by atoms with Crippen molar-refractivity contribution in [1.29, 1.82) is 0 Å². The molecule has 4 nitrogen and oxygen atoms in total. The van der Waals surface area contributed by atoms with E-state index in [1.165, 1.54) is 3.33 Å². The van der Waals surface area contributed by atoms with Gasteiger partial charge < -0.3 is 0 Å². The monoisotopic (exact) mass is 333 g/mol. The van der Waals surface area contributed by atoms with Gasteiger partial charge in [0.2, 0.25) is 0 Å². The van der Waals surface area contributed by atoms with E-state index >= 15 is 0 Å². The molecular weight excluding hydrogens is 323 g/mol. The van der Waals surface area contributed by atoms with E-state index in [1.807, 2.05) is 18.2 Å². The topological polar surface area (TPSA) is 58.2 Å². The molecule has 2 N–H and O–H groups in total. The molecular formula is C7H9HfN2O2. The molecule has 0 saturated heterocycles. The van der Waals surface area contributed by atoms with E-state index in [2.05, 4.69) is 6.61 Å². The molecule has 0 aromatic heterocycles. The molecule has 0 radical (unpaired) electrons. The van der Waals surface area contributed by atoms with Crippen molar-refractivity contribution in [2.75, 3.05) is 0 Å². The number of allylic oxidation sites excluding steroid dienone is 4. The van der Waals surface area contributed by atoms with E-state index in [-0.39, 0.29) is 0 Å². The van der Waals surface area contributed by atoms with Crippen LogP contribution >= 0.6 is 0 Å². The molecule has 0 bridgehead atoms. The second-order valence-electron chi connectivity index (χ2n) is 2.22. The number of nitrogens with one attached hydrogen (secondary N) is 2. The average molecular weight is 332 g/mol. The molecule has 2 amide bonds. The Morgan fingerprint density at radius 1 is 1.33 bits per heavy atom. The summed E-state index contributed by atoms with van der Waals surface area (Å²) in [6.07, 6.45) is 8.12. The van der Waals surface area contributed by atoms with Gasteiger partial charge in [0, 0.05) is 0 Å². The van der Waals surface area contributed by atoms with Crippen LogP contribution in [0, 0.1) is 0 Å². The van der Waals surface area contributed by atoms with Crippen LogP contribution in [-0.2, 0) is 31.6 Å². The van der Waals surface area contributed by atoms with Crippen LogP contribution in [0.25, 0.3) is 0 Å². The van der Waals surface area contributed by atoms with E-state index in [1.54, 1.807) is 0 Å². The third-order valence-electron chi connectivity index (χ3n) is 1.50. The molecule has 0 aliphatic heterocycles. The zero-order chi connectivity index (χ0) is 8.81.